The summed E-state index contributed by atoms with van der Waals surface area (Å²) in [6.45, 7) is 0.621. The monoisotopic (exact) mass is 269 g/mol. The smallest absolute Gasteiger partial charge is 0.319 e. The van der Waals surface area contributed by atoms with Gasteiger partial charge in [-0.05, 0) is 24.8 Å². The molecule has 18 heavy (non-hydrogen) atoms. The Morgan fingerprint density at radius 1 is 1.67 bits per heavy atom. The number of aromatic nitrogens is 1. The molecule has 2 rings (SSSR count). The van der Waals surface area contributed by atoms with Gasteiger partial charge >= 0.3 is 5.69 Å². The number of pyridine rings is 1. The van der Waals surface area contributed by atoms with Crippen molar-refractivity contribution in [3.8, 4) is 0 Å². The number of nitrogens with zero attached hydrogens (tertiary/aromatic N) is 3. The maximum atomic E-state index is 12.1. The minimum Gasteiger partial charge on any atom is -0.341 e. The molecular weight excluding hydrogens is 258 g/mol. The largest absolute Gasteiger partial charge is 0.341 e. The van der Waals surface area contributed by atoms with Crippen LogP contribution in [0.5, 0.6) is 0 Å². The second-order valence-corrected chi connectivity index (χ2v) is 4.74. The molecule has 1 fully saturated rings. The van der Waals surface area contributed by atoms with Crippen LogP contribution in [0.2, 0.25) is 5.15 Å². The Morgan fingerprint density at radius 3 is 2.89 bits per heavy atom. The molecule has 0 unspecified atom stereocenters. The number of nitro groups is 1. The molecular formula is C11H12ClN3O3. The molecule has 1 aromatic rings. The van der Waals surface area contributed by atoms with Crippen molar-refractivity contribution in [1.82, 2.24) is 9.88 Å². The fourth-order valence-corrected chi connectivity index (χ4v) is 1.98. The molecule has 0 bridgehead atoms. The van der Waals surface area contributed by atoms with Gasteiger partial charge in [-0.2, -0.15) is 0 Å². The predicted molar refractivity (Wildman–Crippen MR) is 65.6 cm³/mol. The summed E-state index contributed by atoms with van der Waals surface area (Å²) >= 11 is 5.67. The maximum Gasteiger partial charge on any atom is 0.319 e. The summed E-state index contributed by atoms with van der Waals surface area (Å²) in [6, 6.07) is 1.33. The van der Waals surface area contributed by atoms with Crippen LogP contribution in [0, 0.1) is 16.0 Å². The number of carbonyl (C=O) groups is 1. The van der Waals surface area contributed by atoms with Crippen LogP contribution >= 0.6 is 11.6 Å². The van der Waals surface area contributed by atoms with Crippen LogP contribution in [0.4, 0.5) is 5.69 Å². The molecule has 1 saturated carbocycles. The van der Waals surface area contributed by atoms with E-state index in [2.05, 4.69) is 4.98 Å². The Bertz CT molecular complexity index is 502. The molecule has 96 valence electrons. The third-order valence-corrected chi connectivity index (χ3v) is 3.14. The van der Waals surface area contributed by atoms with E-state index in [4.69, 9.17) is 11.6 Å². The molecule has 7 heteroatoms. The summed E-state index contributed by atoms with van der Waals surface area (Å²) in [7, 11) is 1.64. The molecule has 1 aliphatic rings. The first-order valence-electron chi connectivity index (χ1n) is 5.55. The Morgan fingerprint density at radius 2 is 2.33 bits per heavy atom. The quantitative estimate of drug-likeness (QED) is 0.477. The van der Waals surface area contributed by atoms with Crippen LogP contribution in [-0.2, 0) is 0 Å². The zero-order valence-corrected chi connectivity index (χ0v) is 10.6. The number of amides is 1. The van der Waals surface area contributed by atoms with Gasteiger partial charge in [-0.15, -0.1) is 0 Å². The van der Waals surface area contributed by atoms with Crippen molar-refractivity contribution in [2.75, 3.05) is 13.6 Å². The summed E-state index contributed by atoms with van der Waals surface area (Å²) < 4.78 is 0. The second kappa shape index (κ2) is 4.89. The van der Waals surface area contributed by atoms with Crippen LogP contribution in [0.1, 0.15) is 23.2 Å². The normalized spacial score (nSPS) is 14.3. The van der Waals surface area contributed by atoms with Crippen LogP contribution in [-0.4, -0.2) is 34.3 Å². The van der Waals surface area contributed by atoms with Crippen molar-refractivity contribution in [2.45, 2.75) is 12.8 Å². The minimum atomic E-state index is -0.673. The zero-order chi connectivity index (χ0) is 13.3. The van der Waals surface area contributed by atoms with Crippen molar-refractivity contribution < 1.29 is 9.72 Å². The Hall–Kier alpha value is -1.69. The molecule has 1 aliphatic carbocycles. The van der Waals surface area contributed by atoms with Crippen LogP contribution in [0.15, 0.2) is 12.3 Å². The van der Waals surface area contributed by atoms with Gasteiger partial charge in [0.1, 0.15) is 5.56 Å². The lowest BCUT2D eigenvalue weighted by atomic mass is 10.2. The average Bonchev–Trinajstić information content (AvgIpc) is 3.11. The number of carbonyl (C=O) groups excluding carboxylic acids is 1. The van der Waals surface area contributed by atoms with Crippen molar-refractivity contribution >= 4 is 23.2 Å². The highest BCUT2D eigenvalue weighted by Crippen LogP contribution is 2.31. The average molecular weight is 270 g/mol. The van der Waals surface area contributed by atoms with Crippen molar-refractivity contribution in [3.05, 3.63) is 33.1 Å². The van der Waals surface area contributed by atoms with Crippen LogP contribution in [0.25, 0.3) is 0 Å². The predicted octanol–water partition coefficient (Wildman–Crippen LogP) is 2.13. The number of hydrogen-bond acceptors (Lipinski definition) is 4. The Kier molecular flexibility index (Phi) is 3.47. The van der Waals surface area contributed by atoms with Crippen molar-refractivity contribution in [1.29, 1.82) is 0 Å². The lowest BCUT2D eigenvalue weighted by molar-refractivity contribution is -0.385. The van der Waals surface area contributed by atoms with Gasteiger partial charge in [0, 0.05) is 19.8 Å². The summed E-state index contributed by atoms with van der Waals surface area (Å²) in [5.74, 6) is 0.133. The van der Waals surface area contributed by atoms with Crippen molar-refractivity contribution in [2.24, 2.45) is 5.92 Å². The Balaban J connectivity index is 2.28. The number of halogens is 1. The third-order valence-electron chi connectivity index (χ3n) is 2.87. The fraction of sp³-hybridized carbons (Fsp3) is 0.455. The van der Waals surface area contributed by atoms with Crippen LogP contribution in [0.3, 0.4) is 0 Å². The van der Waals surface area contributed by atoms with E-state index in [1.807, 2.05) is 0 Å². The van der Waals surface area contributed by atoms with E-state index in [0.717, 1.165) is 12.8 Å². The lowest BCUT2D eigenvalue weighted by Crippen LogP contribution is -2.29. The van der Waals surface area contributed by atoms with Gasteiger partial charge in [0.25, 0.3) is 5.91 Å². The van der Waals surface area contributed by atoms with E-state index in [1.54, 1.807) is 7.05 Å². The van der Waals surface area contributed by atoms with E-state index < -0.39 is 16.5 Å². The van der Waals surface area contributed by atoms with Gasteiger partial charge in [0.2, 0.25) is 5.15 Å². The Labute approximate surface area is 109 Å². The van der Waals surface area contributed by atoms with Gasteiger partial charge in [0.05, 0.1) is 4.92 Å². The zero-order valence-electron chi connectivity index (χ0n) is 9.80. The second-order valence-electron chi connectivity index (χ2n) is 4.38. The number of rotatable bonds is 4. The third kappa shape index (κ3) is 2.59. The maximum absolute atomic E-state index is 12.1. The molecule has 0 spiro atoms. The molecule has 6 nitrogen and oxygen atoms in total. The number of hydrogen-bond donors (Lipinski definition) is 0. The molecule has 0 aliphatic heterocycles. The lowest BCUT2D eigenvalue weighted by Gasteiger charge is -2.16. The van der Waals surface area contributed by atoms with E-state index in [-0.39, 0.29) is 10.7 Å². The fourth-order valence-electron chi connectivity index (χ4n) is 1.75. The highest BCUT2D eigenvalue weighted by Gasteiger charge is 2.30. The molecule has 1 aromatic heterocycles. The summed E-state index contributed by atoms with van der Waals surface area (Å²) in [4.78, 5) is 27.5. The molecule has 0 radical (unpaired) electrons. The van der Waals surface area contributed by atoms with E-state index in [0.29, 0.717) is 12.5 Å². The topological polar surface area (TPSA) is 76.3 Å². The van der Waals surface area contributed by atoms with Crippen molar-refractivity contribution in [3.63, 3.8) is 0 Å². The minimum absolute atomic E-state index is 0.0110. The van der Waals surface area contributed by atoms with Gasteiger partial charge in [-0.3, -0.25) is 14.9 Å². The highest BCUT2D eigenvalue weighted by molar-refractivity contribution is 6.32. The molecule has 1 heterocycles. The summed E-state index contributed by atoms with van der Waals surface area (Å²) in [5.41, 5.74) is -0.435. The molecule has 1 amide bonds. The highest BCUT2D eigenvalue weighted by atomic mass is 35.5. The molecule has 0 atom stereocenters. The first-order chi connectivity index (χ1) is 8.50. The summed E-state index contributed by atoms with van der Waals surface area (Å²) in [5, 5.41) is 10.7. The van der Waals surface area contributed by atoms with Gasteiger partial charge in [-0.1, -0.05) is 11.6 Å². The molecule has 0 aromatic carbocycles. The first kappa shape index (κ1) is 12.8. The SMILES string of the molecule is CN(CC1CC1)C(=O)c1ccnc(Cl)c1[N+](=O)[O-]. The first-order valence-corrected chi connectivity index (χ1v) is 5.93. The van der Waals surface area contributed by atoms with Gasteiger partial charge in [0.15, 0.2) is 0 Å². The standard InChI is InChI=1S/C11H12ClN3O3/c1-14(6-7-2-3-7)11(16)8-4-5-13-10(12)9(8)15(17)18/h4-5,7H,2-3,6H2,1H3. The van der Waals surface area contributed by atoms with Gasteiger partial charge in [-0.25, -0.2) is 4.98 Å². The van der Waals surface area contributed by atoms with E-state index >= 15 is 0 Å². The van der Waals surface area contributed by atoms with Crippen LogP contribution < -0.4 is 0 Å². The summed E-state index contributed by atoms with van der Waals surface area (Å²) in [6.07, 6.45) is 3.52. The van der Waals surface area contributed by atoms with E-state index in [1.165, 1.54) is 17.2 Å². The van der Waals surface area contributed by atoms with Gasteiger partial charge < -0.3 is 4.90 Å². The molecule has 0 N–H and O–H groups in total. The molecule has 0 saturated heterocycles. The van der Waals surface area contributed by atoms with E-state index in [9.17, 15) is 14.9 Å².